The molecule has 2 aromatic carbocycles. The van der Waals surface area contributed by atoms with E-state index in [4.69, 9.17) is 22.1 Å². The van der Waals surface area contributed by atoms with E-state index in [9.17, 15) is 19.2 Å². The predicted molar refractivity (Wildman–Crippen MR) is 175 cm³/mol. The fraction of sp³-hybridized carbons (Fsp3) is 0.471. The summed E-state index contributed by atoms with van der Waals surface area (Å²) in [4.78, 5) is 58.4. The Morgan fingerprint density at radius 2 is 1.69 bits per heavy atom. The molecule has 5 N–H and O–H groups in total. The highest BCUT2D eigenvalue weighted by atomic mass is 35.5. The number of carbonyl (C=O) groups is 4. The molecule has 0 spiro atoms. The van der Waals surface area contributed by atoms with Crippen LogP contribution in [0.5, 0.6) is 0 Å². The molecule has 0 aliphatic carbocycles. The Hall–Kier alpha value is -3.89. The van der Waals surface area contributed by atoms with E-state index < -0.39 is 29.6 Å². The largest absolute Gasteiger partial charge is 0.458 e. The molecule has 1 saturated heterocycles. The fourth-order valence-electron chi connectivity index (χ4n) is 5.53. The molecule has 242 valence electrons. The van der Waals surface area contributed by atoms with Gasteiger partial charge in [-0.25, -0.2) is 4.79 Å². The lowest BCUT2D eigenvalue weighted by Gasteiger charge is -2.32. The van der Waals surface area contributed by atoms with Crippen molar-refractivity contribution < 1.29 is 23.9 Å². The van der Waals surface area contributed by atoms with E-state index >= 15 is 0 Å². The number of benzene rings is 2. The van der Waals surface area contributed by atoms with Crippen LogP contribution in [-0.2, 0) is 25.5 Å². The van der Waals surface area contributed by atoms with Crippen LogP contribution in [0.1, 0.15) is 68.8 Å². The third-order valence-corrected chi connectivity index (χ3v) is 8.18. The molecule has 1 aromatic heterocycles. The average molecular weight is 638 g/mol. The SMILES string of the molecule is CC(C)(C)OC(=O)C(CCCCN)NC(=O)C(Cc1c[nH]c2ccccc12)NC(=O)C1CCN(C(=O)c2ccc(Cl)cc2)CC1. The van der Waals surface area contributed by atoms with Crippen molar-refractivity contribution in [3.05, 3.63) is 70.9 Å². The summed E-state index contributed by atoms with van der Waals surface area (Å²) in [6, 6.07) is 12.7. The second kappa shape index (κ2) is 15.4. The topological polar surface area (TPSA) is 147 Å². The molecule has 2 heterocycles. The molecule has 2 atom stereocenters. The number of rotatable bonds is 12. The number of aromatic nitrogens is 1. The van der Waals surface area contributed by atoms with E-state index in [0.29, 0.717) is 62.3 Å². The van der Waals surface area contributed by atoms with Crippen LogP contribution >= 0.6 is 11.6 Å². The van der Waals surface area contributed by atoms with E-state index in [1.807, 2.05) is 30.5 Å². The van der Waals surface area contributed by atoms with Crippen LogP contribution in [0.15, 0.2) is 54.7 Å². The third kappa shape index (κ3) is 9.55. The summed E-state index contributed by atoms with van der Waals surface area (Å²) in [5.74, 6) is -1.73. The zero-order valence-corrected chi connectivity index (χ0v) is 27.0. The lowest BCUT2D eigenvalue weighted by molar-refractivity contribution is -0.159. The van der Waals surface area contributed by atoms with Gasteiger partial charge in [0.25, 0.3) is 5.91 Å². The molecule has 3 aromatic rings. The van der Waals surface area contributed by atoms with E-state index in [1.54, 1.807) is 49.9 Å². The van der Waals surface area contributed by atoms with Crippen molar-refractivity contribution in [3.8, 4) is 0 Å². The summed E-state index contributed by atoms with van der Waals surface area (Å²) >= 11 is 5.96. The minimum absolute atomic E-state index is 0.107. The molecule has 0 radical (unpaired) electrons. The van der Waals surface area contributed by atoms with Crippen LogP contribution in [0.2, 0.25) is 5.02 Å². The standard InChI is InChI=1S/C34H44ClN5O5/c1-34(2,3)45-33(44)28(10-6-7-17-36)38-31(42)29(20-24-21-37-27-9-5-4-8-26(24)27)39-30(41)22-15-18-40(19-16-22)32(43)23-11-13-25(35)14-12-23/h4-5,8-9,11-14,21-22,28-29,37H,6-7,10,15-20,36H2,1-3H3,(H,38,42)(H,39,41). The minimum Gasteiger partial charge on any atom is -0.458 e. The van der Waals surface area contributed by atoms with Gasteiger partial charge in [0.1, 0.15) is 17.7 Å². The Morgan fingerprint density at radius 3 is 2.36 bits per heavy atom. The average Bonchev–Trinajstić information content (AvgIpc) is 3.42. The van der Waals surface area contributed by atoms with Crippen molar-refractivity contribution in [1.82, 2.24) is 20.5 Å². The lowest BCUT2D eigenvalue weighted by Crippen LogP contribution is -2.54. The van der Waals surface area contributed by atoms with Crippen molar-refractivity contribution >= 4 is 46.2 Å². The van der Waals surface area contributed by atoms with E-state index in [-0.39, 0.29) is 24.2 Å². The van der Waals surface area contributed by atoms with Gasteiger partial charge in [-0.2, -0.15) is 0 Å². The number of nitrogens with two attached hydrogens (primary N) is 1. The van der Waals surface area contributed by atoms with E-state index in [2.05, 4.69) is 15.6 Å². The lowest BCUT2D eigenvalue weighted by atomic mass is 9.94. The molecule has 10 nitrogen and oxygen atoms in total. The summed E-state index contributed by atoms with van der Waals surface area (Å²) in [6.07, 6.45) is 4.69. The van der Waals surface area contributed by atoms with Gasteiger partial charge in [0, 0.05) is 53.1 Å². The second-order valence-electron chi connectivity index (χ2n) is 12.6. The van der Waals surface area contributed by atoms with Crippen LogP contribution in [0.25, 0.3) is 10.9 Å². The molecule has 4 rings (SSSR count). The van der Waals surface area contributed by atoms with Crippen molar-refractivity contribution in [1.29, 1.82) is 0 Å². The van der Waals surface area contributed by atoms with Gasteiger partial charge < -0.3 is 31.0 Å². The Balaban J connectivity index is 1.47. The van der Waals surface area contributed by atoms with Gasteiger partial charge in [-0.15, -0.1) is 0 Å². The van der Waals surface area contributed by atoms with E-state index in [0.717, 1.165) is 16.5 Å². The summed E-state index contributed by atoms with van der Waals surface area (Å²) in [6.45, 7) is 6.63. The van der Waals surface area contributed by atoms with Gasteiger partial charge in [0.15, 0.2) is 0 Å². The molecule has 3 amide bonds. The Bertz CT molecular complexity index is 1470. The Morgan fingerprint density at radius 1 is 1.00 bits per heavy atom. The number of nitrogens with zero attached hydrogens (tertiary/aromatic N) is 1. The first-order chi connectivity index (χ1) is 21.4. The first kappa shape index (κ1) is 34.0. The summed E-state index contributed by atoms with van der Waals surface area (Å²) in [5.41, 5.74) is 7.27. The van der Waals surface area contributed by atoms with Gasteiger partial charge in [0.05, 0.1) is 0 Å². The van der Waals surface area contributed by atoms with Gasteiger partial charge >= 0.3 is 5.97 Å². The van der Waals surface area contributed by atoms with E-state index in [1.165, 1.54) is 0 Å². The highest BCUT2D eigenvalue weighted by molar-refractivity contribution is 6.30. The normalized spacial score (nSPS) is 15.4. The first-order valence-electron chi connectivity index (χ1n) is 15.6. The zero-order chi connectivity index (χ0) is 32.6. The number of fused-ring (bicyclic) bond motifs is 1. The molecular formula is C34H44ClN5O5. The van der Waals surface area contributed by atoms with Crippen molar-refractivity contribution in [2.45, 2.75) is 77.0 Å². The van der Waals surface area contributed by atoms with Crippen molar-refractivity contribution in [2.24, 2.45) is 11.7 Å². The van der Waals surface area contributed by atoms with Crippen LogP contribution in [0.3, 0.4) is 0 Å². The van der Waals surface area contributed by atoms with Gasteiger partial charge in [-0.3, -0.25) is 14.4 Å². The molecule has 45 heavy (non-hydrogen) atoms. The predicted octanol–water partition coefficient (Wildman–Crippen LogP) is 4.36. The number of ether oxygens (including phenoxy) is 1. The van der Waals surface area contributed by atoms with Gasteiger partial charge in [0.2, 0.25) is 11.8 Å². The minimum atomic E-state index is -0.940. The number of hydrogen-bond donors (Lipinski definition) is 4. The maximum Gasteiger partial charge on any atom is 0.329 e. The maximum absolute atomic E-state index is 13.8. The highest BCUT2D eigenvalue weighted by Gasteiger charge is 2.33. The number of hydrogen-bond acceptors (Lipinski definition) is 6. The number of H-pyrrole nitrogens is 1. The molecule has 0 saturated carbocycles. The fourth-order valence-corrected chi connectivity index (χ4v) is 5.65. The van der Waals surface area contributed by atoms with Crippen LogP contribution in [0, 0.1) is 5.92 Å². The number of carbonyl (C=O) groups excluding carboxylic acids is 4. The number of amides is 3. The Kier molecular flexibility index (Phi) is 11.6. The first-order valence-corrected chi connectivity index (χ1v) is 16.0. The molecule has 11 heteroatoms. The third-order valence-electron chi connectivity index (χ3n) is 7.93. The molecule has 1 aliphatic rings. The maximum atomic E-state index is 13.8. The molecule has 1 aliphatic heterocycles. The number of nitrogens with one attached hydrogen (secondary N) is 3. The number of unbranched alkanes of at least 4 members (excludes halogenated alkanes) is 1. The highest BCUT2D eigenvalue weighted by Crippen LogP contribution is 2.23. The number of para-hydroxylation sites is 1. The summed E-state index contributed by atoms with van der Waals surface area (Å²) < 4.78 is 5.60. The van der Waals surface area contributed by atoms with Crippen LogP contribution in [0.4, 0.5) is 0 Å². The molecule has 1 fully saturated rings. The summed E-state index contributed by atoms with van der Waals surface area (Å²) in [7, 11) is 0. The Labute approximate surface area is 269 Å². The monoisotopic (exact) mass is 637 g/mol. The summed E-state index contributed by atoms with van der Waals surface area (Å²) in [5, 5.41) is 7.35. The smallest absolute Gasteiger partial charge is 0.329 e. The van der Waals surface area contributed by atoms with Crippen molar-refractivity contribution in [2.75, 3.05) is 19.6 Å². The van der Waals surface area contributed by atoms with Crippen molar-refractivity contribution in [3.63, 3.8) is 0 Å². The number of esters is 1. The zero-order valence-electron chi connectivity index (χ0n) is 26.2. The number of piperidine rings is 1. The van der Waals surface area contributed by atoms with Crippen LogP contribution < -0.4 is 16.4 Å². The number of halogens is 1. The molecule has 2 unspecified atom stereocenters. The molecular weight excluding hydrogens is 594 g/mol. The molecule has 0 bridgehead atoms. The second-order valence-corrected chi connectivity index (χ2v) is 13.0. The quantitative estimate of drug-likeness (QED) is 0.171. The van der Waals surface area contributed by atoms with Gasteiger partial charge in [-0.1, -0.05) is 29.8 Å². The number of aromatic amines is 1. The van der Waals surface area contributed by atoms with Gasteiger partial charge in [-0.05, 0) is 95.3 Å². The number of likely N-dealkylation sites (tertiary alicyclic amines) is 1. The van der Waals surface area contributed by atoms with Crippen LogP contribution in [-0.4, -0.2) is 70.9 Å².